The summed E-state index contributed by atoms with van der Waals surface area (Å²) in [6.07, 6.45) is 0. The number of aryl methyl sites for hydroxylation is 1. The predicted molar refractivity (Wildman–Crippen MR) is 82.5 cm³/mol. The average molecular weight is 292 g/mol. The van der Waals surface area contributed by atoms with Crippen LogP contribution >= 0.6 is 11.6 Å². The number of hydrogen-bond donors (Lipinski definition) is 1. The number of hydrogen-bond acceptors (Lipinski definition) is 3. The molecule has 2 rings (SSSR count). The van der Waals surface area contributed by atoms with Crippen LogP contribution in [0.15, 0.2) is 36.4 Å². The quantitative estimate of drug-likeness (QED) is 0.839. The van der Waals surface area contributed by atoms with E-state index in [2.05, 4.69) is 0 Å². The molecule has 2 aromatic carbocycles. The van der Waals surface area contributed by atoms with Gasteiger partial charge >= 0.3 is 0 Å². The fourth-order valence-corrected chi connectivity index (χ4v) is 2.17. The molecular formula is C16H18ClNO2. The number of nitrogen functional groups attached to an aromatic ring is 1. The van der Waals surface area contributed by atoms with Crippen LogP contribution in [0.2, 0.25) is 5.02 Å². The molecule has 0 unspecified atom stereocenters. The zero-order valence-electron chi connectivity index (χ0n) is 11.7. The van der Waals surface area contributed by atoms with Gasteiger partial charge in [0.2, 0.25) is 0 Å². The summed E-state index contributed by atoms with van der Waals surface area (Å²) in [6.45, 7) is 4.92. The van der Waals surface area contributed by atoms with E-state index in [1.807, 2.05) is 50.2 Å². The van der Waals surface area contributed by atoms with E-state index in [0.29, 0.717) is 23.9 Å². The van der Waals surface area contributed by atoms with E-state index < -0.39 is 0 Å². The summed E-state index contributed by atoms with van der Waals surface area (Å²) in [5.41, 5.74) is 8.44. The second-order valence-electron chi connectivity index (χ2n) is 4.50. The van der Waals surface area contributed by atoms with E-state index in [0.717, 1.165) is 22.6 Å². The van der Waals surface area contributed by atoms with Gasteiger partial charge in [-0.3, -0.25) is 0 Å². The molecule has 0 fully saturated rings. The second kappa shape index (κ2) is 6.53. The Labute approximate surface area is 124 Å². The second-order valence-corrected chi connectivity index (χ2v) is 4.94. The lowest BCUT2D eigenvalue weighted by atomic mass is 10.2. The monoisotopic (exact) mass is 291 g/mol. The van der Waals surface area contributed by atoms with Gasteiger partial charge in [-0.25, -0.2) is 0 Å². The summed E-state index contributed by atoms with van der Waals surface area (Å²) >= 11 is 5.93. The first-order valence-electron chi connectivity index (χ1n) is 6.50. The predicted octanol–water partition coefficient (Wildman–Crippen LogP) is 4.21. The van der Waals surface area contributed by atoms with Crippen molar-refractivity contribution in [2.24, 2.45) is 0 Å². The van der Waals surface area contributed by atoms with Gasteiger partial charge in [0.25, 0.3) is 0 Å². The van der Waals surface area contributed by atoms with Crippen LogP contribution in [-0.4, -0.2) is 6.61 Å². The van der Waals surface area contributed by atoms with Crippen molar-refractivity contribution in [3.8, 4) is 11.5 Å². The first-order valence-corrected chi connectivity index (χ1v) is 6.88. The van der Waals surface area contributed by atoms with E-state index in [9.17, 15) is 0 Å². The minimum atomic E-state index is 0.406. The van der Waals surface area contributed by atoms with Crippen molar-refractivity contribution in [2.45, 2.75) is 20.5 Å². The van der Waals surface area contributed by atoms with Crippen LogP contribution in [0.4, 0.5) is 5.69 Å². The number of rotatable bonds is 5. The van der Waals surface area contributed by atoms with E-state index in [-0.39, 0.29) is 0 Å². The van der Waals surface area contributed by atoms with Gasteiger partial charge in [0.15, 0.2) is 0 Å². The van der Waals surface area contributed by atoms with Crippen LogP contribution in [0.1, 0.15) is 18.1 Å². The Morgan fingerprint density at radius 3 is 2.50 bits per heavy atom. The maximum atomic E-state index is 5.93. The van der Waals surface area contributed by atoms with E-state index >= 15 is 0 Å². The van der Waals surface area contributed by atoms with Gasteiger partial charge in [-0.1, -0.05) is 11.6 Å². The molecule has 0 saturated heterocycles. The summed E-state index contributed by atoms with van der Waals surface area (Å²) in [6, 6.07) is 11.1. The van der Waals surface area contributed by atoms with Crippen LogP contribution < -0.4 is 15.2 Å². The average Bonchev–Trinajstić information content (AvgIpc) is 2.41. The molecule has 2 N–H and O–H groups in total. The zero-order valence-corrected chi connectivity index (χ0v) is 12.4. The van der Waals surface area contributed by atoms with Crippen LogP contribution in [0.5, 0.6) is 11.5 Å². The summed E-state index contributed by atoms with van der Waals surface area (Å²) in [5.74, 6) is 1.60. The third-order valence-electron chi connectivity index (χ3n) is 2.90. The topological polar surface area (TPSA) is 44.5 Å². The zero-order chi connectivity index (χ0) is 14.5. The minimum absolute atomic E-state index is 0.406. The molecule has 3 nitrogen and oxygen atoms in total. The number of anilines is 1. The van der Waals surface area contributed by atoms with Gasteiger partial charge < -0.3 is 15.2 Å². The molecule has 0 aliphatic rings. The standard InChI is InChI=1S/C16H18ClNO2/c1-3-19-16-7-5-14(18)9-12(16)10-20-15-6-4-13(17)8-11(15)2/h4-9H,3,10,18H2,1-2H3. The van der Waals surface area contributed by atoms with Crippen LogP contribution in [0, 0.1) is 6.92 Å². The Morgan fingerprint density at radius 2 is 1.80 bits per heavy atom. The van der Waals surface area contributed by atoms with E-state index in [4.69, 9.17) is 26.8 Å². The lowest BCUT2D eigenvalue weighted by Crippen LogP contribution is -2.02. The molecule has 0 bridgehead atoms. The molecule has 0 aliphatic heterocycles. The first-order chi connectivity index (χ1) is 9.60. The van der Waals surface area contributed by atoms with Gasteiger partial charge in [0.1, 0.15) is 18.1 Å². The van der Waals surface area contributed by atoms with Gasteiger partial charge in [-0.05, 0) is 55.8 Å². The van der Waals surface area contributed by atoms with Crippen molar-refractivity contribution in [3.63, 3.8) is 0 Å². The number of ether oxygens (including phenoxy) is 2. The fraction of sp³-hybridized carbons (Fsp3) is 0.250. The fourth-order valence-electron chi connectivity index (χ4n) is 1.94. The molecule has 106 valence electrons. The van der Waals surface area contributed by atoms with Gasteiger partial charge in [-0.15, -0.1) is 0 Å². The number of benzene rings is 2. The molecule has 0 heterocycles. The molecule has 0 saturated carbocycles. The molecule has 2 aromatic rings. The van der Waals surface area contributed by atoms with Crippen LogP contribution in [0.3, 0.4) is 0 Å². The molecule has 0 amide bonds. The van der Waals surface area contributed by atoms with Crippen molar-refractivity contribution in [2.75, 3.05) is 12.3 Å². The Balaban J connectivity index is 2.15. The molecule has 4 heteroatoms. The Morgan fingerprint density at radius 1 is 1.05 bits per heavy atom. The lowest BCUT2D eigenvalue weighted by Gasteiger charge is -2.13. The molecule has 0 aliphatic carbocycles. The Kier molecular flexibility index (Phi) is 4.74. The Bertz CT molecular complexity index is 599. The smallest absolute Gasteiger partial charge is 0.126 e. The third-order valence-corrected chi connectivity index (χ3v) is 3.14. The summed E-state index contributed by atoms with van der Waals surface area (Å²) in [4.78, 5) is 0. The van der Waals surface area contributed by atoms with Crippen molar-refractivity contribution in [1.82, 2.24) is 0 Å². The normalized spacial score (nSPS) is 10.3. The van der Waals surface area contributed by atoms with E-state index in [1.54, 1.807) is 0 Å². The molecular weight excluding hydrogens is 274 g/mol. The Hall–Kier alpha value is -1.87. The van der Waals surface area contributed by atoms with Gasteiger partial charge in [-0.2, -0.15) is 0 Å². The minimum Gasteiger partial charge on any atom is -0.493 e. The van der Waals surface area contributed by atoms with Crippen molar-refractivity contribution < 1.29 is 9.47 Å². The van der Waals surface area contributed by atoms with Crippen LogP contribution in [0.25, 0.3) is 0 Å². The summed E-state index contributed by atoms with van der Waals surface area (Å²) in [5, 5.41) is 0.703. The van der Waals surface area contributed by atoms with Crippen molar-refractivity contribution in [1.29, 1.82) is 0 Å². The van der Waals surface area contributed by atoms with Crippen molar-refractivity contribution >= 4 is 17.3 Å². The lowest BCUT2D eigenvalue weighted by molar-refractivity contribution is 0.285. The molecule has 0 atom stereocenters. The highest BCUT2D eigenvalue weighted by Gasteiger charge is 2.07. The first kappa shape index (κ1) is 14.5. The highest BCUT2D eigenvalue weighted by molar-refractivity contribution is 6.30. The highest BCUT2D eigenvalue weighted by Crippen LogP contribution is 2.26. The third kappa shape index (κ3) is 3.58. The van der Waals surface area contributed by atoms with Gasteiger partial charge in [0, 0.05) is 16.3 Å². The number of nitrogens with two attached hydrogens (primary N) is 1. The summed E-state index contributed by atoms with van der Waals surface area (Å²) < 4.78 is 11.4. The maximum Gasteiger partial charge on any atom is 0.126 e. The van der Waals surface area contributed by atoms with Crippen LogP contribution in [-0.2, 0) is 6.61 Å². The summed E-state index contributed by atoms with van der Waals surface area (Å²) in [7, 11) is 0. The molecule has 20 heavy (non-hydrogen) atoms. The molecule has 0 aromatic heterocycles. The maximum absolute atomic E-state index is 5.93. The molecule has 0 radical (unpaired) electrons. The molecule has 0 spiro atoms. The van der Waals surface area contributed by atoms with Gasteiger partial charge in [0.05, 0.1) is 6.61 Å². The SMILES string of the molecule is CCOc1ccc(N)cc1COc1ccc(Cl)cc1C. The highest BCUT2D eigenvalue weighted by atomic mass is 35.5. The van der Waals surface area contributed by atoms with Crippen molar-refractivity contribution in [3.05, 3.63) is 52.5 Å². The number of halogens is 1. The van der Waals surface area contributed by atoms with E-state index in [1.165, 1.54) is 0 Å². The largest absolute Gasteiger partial charge is 0.493 e.